The number of nitrogens with one attached hydrogen (secondary N) is 3. The highest BCUT2D eigenvalue weighted by Gasteiger charge is 2.31. The van der Waals surface area contributed by atoms with Crippen LogP contribution in [-0.2, 0) is 16.1 Å². The first kappa shape index (κ1) is 18.3. The molecule has 142 valence electrons. The number of ether oxygens (including phenoxy) is 1. The Hall–Kier alpha value is -3.49. The maximum absolute atomic E-state index is 12.3. The molecule has 3 rings (SSSR count). The van der Waals surface area contributed by atoms with Crippen LogP contribution in [0.4, 0.5) is 10.5 Å². The number of rotatable bonds is 5. The average molecular weight is 372 g/mol. The molecule has 2 heterocycles. The highest BCUT2D eigenvalue weighted by Crippen LogP contribution is 2.32. The Labute approximate surface area is 155 Å². The van der Waals surface area contributed by atoms with Crippen LogP contribution in [0, 0.1) is 0 Å². The van der Waals surface area contributed by atoms with Gasteiger partial charge in [0.05, 0.1) is 31.6 Å². The van der Waals surface area contributed by atoms with Crippen molar-refractivity contribution in [2.75, 3.05) is 25.0 Å². The molecule has 0 aliphatic carbocycles. The van der Waals surface area contributed by atoms with Gasteiger partial charge >= 0.3 is 6.03 Å². The summed E-state index contributed by atoms with van der Waals surface area (Å²) in [5, 5.41) is 7.34. The summed E-state index contributed by atoms with van der Waals surface area (Å²) in [7, 11) is 1.52. The molecule has 0 fully saturated rings. The van der Waals surface area contributed by atoms with Gasteiger partial charge in [0.2, 0.25) is 5.91 Å². The van der Waals surface area contributed by atoms with Gasteiger partial charge in [-0.15, -0.1) is 0 Å². The Kier molecular flexibility index (Phi) is 5.60. The Balaban J connectivity index is 1.60. The van der Waals surface area contributed by atoms with Gasteiger partial charge in [-0.2, -0.15) is 0 Å². The van der Waals surface area contributed by atoms with Crippen LogP contribution >= 0.6 is 0 Å². The summed E-state index contributed by atoms with van der Waals surface area (Å²) in [6.45, 7) is 0.269. The van der Waals surface area contributed by atoms with E-state index < -0.39 is 18.0 Å². The lowest BCUT2D eigenvalue weighted by atomic mass is 10.1. The number of nitrogens with zero attached hydrogens (tertiary/aromatic N) is 1. The number of benzene rings is 1. The standard InChI is InChI=1S/C18H20N4O5/c1-19-17(24)15-10-22(13-6-2-3-7-14(13)27-15)11-16(23)21-18(25)20-9-12-5-4-8-26-12/h2-8,15H,9-11H2,1H3,(H,19,24)(H2,20,21,23,25)/t15-/m1/s1. The number of likely N-dealkylation sites (N-methyl/N-ethyl adjacent to an activating group) is 1. The summed E-state index contributed by atoms with van der Waals surface area (Å²) >= 11 is 0. The molecule has 3 N–H and O–H groups in total. The SMILES string of the molecule is CNC(=O)[C@H]1CN(CC(=O)NC(=O)NCc2ccco2)c2ccccc2O1. The number of urea groups is 1. The average Bonchev–Trinajstić information content (AvgIpc) is 3.19. The number of carbonyl (C=O) groups is 3. The molecule has 0 radical (unpaired) electrons. The van der Waals surface area contributed by atoms with Crippen molar-refractivity contribution in [1.82, 2.24) is 16.0 Å². The molecular weight excluding hydrogens is 352 g/mol. The number of para-hydroxylation sites is 2. The summed E-state index contributed by atoms with van der Waals surface area (Å²) in [4.78, 5) is 37.8. The van der Waals surface area contributed by atoms with Gasteiger partial charge in [-0.05, 0) is 24.3 Å². The van der Waals surface area contributed by atoms with Crippen molar-refractivity contribution in [3.05, 3.63) is 48.4 Å². The maximum Gasteiger partial charge on any atom is 0.321 e. The smallest absolute Gasteiger partial charge is 0.321 e. The zero-order valence-corrected chi connectivity index (χ0v) is 14.7. The van der Waals surface area contributed by atoms with Gasteiger partial charge in [-0.1, -0.05) is 12.1 Å². The van der Waals surface area contributed by atoms with E-state index in [4.69, 9.17) is 9.15 Å². The molecule has 1 aromatic carbocycles. The lowest BCUT2D eigenvalue weighted by molar-refractivity contribution is -0.127. The largest absolute Gasteiger partial charge is 0.477 e. The molecule has 2 aromatic rings. The summed E-state index contributed by atoms with van der Waals surface area (Å²) < 4.78 is 10.8. The molecule has 0 unspecified atom stereocenters. The predicted octanol–water partition coefficient (Wildman–Crippen LogP) is 0.619. The van der Waals surface area contributed by atoms with Gasteiger partial charge < -0.3 is 24.7 Å². The molecule has 9 heteroatoms. The van der Waals surface area contributed by atoms with E-state index >= 15 is 0 Å². The third kappa shape index (κ3) is 4.57. The van der Waals surface area contributed by atoms with Crippen molar-refractivity contribution in [3.63, 3.8) is 0 Å². The second-order valence-electron chi connectivity index (χ2n) is 5.88. The molecule has 27 heavy (non-hydrogen) atoms. The first-order valence-corrected chi connectivity index (χ1v) is 8.39. The lowest BCUT2D eigenvalue weighted by Gasteiger charge is -2.34. The normalized spacial score (nSPS) is 15.3. The Morgan fingerprint density at radius 1 is 1.19 bits per heavy atom. The predicted molar refractivity (Wildman–Crippen MR) is 96.2 cm³/mol. The topological polar surface area (TPSA) is 113 Å². The van der Waals surface area contributed by atoms with Crippen molar-refractivity contribution in [3.8, 4) is 5.75 Å². The number of amides is 4. The summed E-state index contributed by atoms with van der Waals surface area (Å²) in [5.74, 6) is 0.297. The summed E-state index contributed by atoms with van der Waals surface area (Å²) in [6, 6.07) is 9.91. The molecule has 0 saturated heterocycles. The van der Waals surface area contributed by atoms with Gasteiger partial charge in [0.25, 0.3) is 5.91 Å². The molecular formula is C18H20N4O5. The minimum Gasteiger partial charge on any atom is -0.477 e. The maximum atomic E-state index is 12.3. The zero-order valence-electron chi connectivity index (χ0n) is 14.7. The van der Waals surface area contributed by atoms with Crippen molar-refractivity contribution >= 4 is 23.5 Å². The van der Waals surface area contributed by atoms with Crippen molar-refractivity contribution in [2.24, 2.45) is 0 Å². The van der Waals surface area contributed by atoms with Crippen LogP contribution in [0.1, 0.15) is 5.76 Å². The molecule has 1 atom stereocenters. The number of imide groups is 1. The number of fused-ring (bicyclic) bond motifs is 1. The Morgan fingerprint density at radius 2 is 2.00 bits per heavy atom. The minimum atomic E-state index is -0.745. The van der Waals surface area contributed by atoms with Crippen molar-refractivity contribution in [1.29, 1.82) is 0 Å². The molecule has 1 aliphatic heterocycles. The highest BCUT2D eigenvalue weighted by atomic mass is 16.5. The fourth-order valence-electron chi connectivity index (χ4n) is 2.72. The molecule has 1 aliphatic rings. The van der Waals surface area contributed by atoms with E-state index in [1.807, 2.05) is 6.07 Å². The first-order valence-electron chi connectivity index (χ1n) is 8.39. The number of hydrogen-bond donors (Lipinski definition) is 3. The second kappa shape index (κ2) is 8.26. The van der Waals surface area contributed by atoms with E-state index in [0.717, 1.165) is 0 Å². The summed E-state index contributed by atoms with van der Waals surface area (Å²) in [6.07, 6.45) is 0.754. The van der Waals surface area contributed by atoms with Gasteiger partial charge in [0.15, 0.2) is 6.10 Å². The second-order valence-corrected chi connectivity index (χ2v) is 5.88. The van der Waals surface area contributed by atoms with Gasteiger partial charge in [0.1, 0.15) is 11.5 Å². The molecule has 1 aromatic heterocycles. The van der Waals surface area contributed by atoms with Crippen LogP contribution in [0.5, 0.6) is 5.75 Å². The monoisotopic (exact) mass is 372 g/mol. The van der Waals surface area contributed by atoms with Crippen molar-refractivity contribution in [2.45, 2.75) is 12.6 Å². The quantitative estimate of drug-likeness (QED) is 0.709. The third-order valence-corrected chi connectivity index (χ3v) is 3.99. The van der Waals surface area contributed by atoms with E-state index in [0.29, 0.717) is 17.2 Å². The fourth-order valence-corrected chi connectivity index (χ4v) is 2.72. The van der Waals surface area contributed by atoms with E-state index in [1.54, 1.807) is 35.2 Å². The molecule has 9 nitrogen and oxygen atoms in total. The zero-order chi connectivity index (χ0) is 19.2. The molecule has 0 saturated carbocycles. The number of carbonyl (C=O) groups excluding carboxylic acids is 3. The van der Waals surface area contributed by atoms with Crippen LogP contribution in [0.3, 0.4) is 0 Å². The van der Waals surface area contributed by atoms with E-state index in [-0.39, 0.29) is 25.5 Å². The van der Waals surface area contributed by atoms with E-state index in [9.17, 15) is 14.4 Å². The van der Waals surface area contributed by atoms with Crippen LogP contribution in [-0.4, -0.2) is 44.1 Å². The van der Waals surface area contributed by atoms with Crippen LogP contribution in [0.25, 0.3) is 0 Å². The number of anilines is 1. The van der Waals surface area contributed by atoms with Gasteiger partial charge in [-0.3, -0.25) is 14.9 Å². The van der Waals surface area contributed by atoms with Gasteiger partial charge in [0, 0.05) is 7.05 Å². The number of furan rings is 1. The Morgan fingerprint density at radius 3 is 2.74 bits per heavy atom. The van der Waals surface area contributed by atoms with Crippen LogP contribution < -0.4 is 25.6 Å². The molecule has 0 bridgehead atoms. The van der Waals surface area contributed by atoms with Crippen molar-refractivity contribution < 1.29 is 23.5 Å². The van der Waals surface area contributed by atoms with Crippen LogP contribution in [0.2, 0.25) is 0 Å². The first-order chi connectivity index (χ1) is 13.1. The highest BCUT2D eigenvalue weighted by molar-refractivity contribution is 5.96. The fraction of sp³-hybridized carbons (Fsp3) is 0.278. The van der Waals surface area contributed by atoms with Crippen LogP contribution in [0.15, 0.2) is 47.1 Å². The lowest BCUT2D eigenvalue weighted by Crippen LogP contribution is -2.51. The molecule has 0 spiro atoms. The number of hydrogen-bond acceptors (Lipinski definition) is 6. The van der Waals surface area contributed by atoms with Gasteiger partial charge in [-0.25, -0.2) is 4.79 Å². The third-order valence-electron chi connectivity index (χ3n) is 3.99. The summed E-state index contributed by atoms with van der Waals surface area (Å²) in [5.41, 5.74) is 0.684. The Bertz CT molecular complexity index is 821. The molecule has 4 amide bonds. The minimum absolute atomic E-state index is 0.0952. The van der Waals surface area contributed by atoms with E-state index in [1.165, 1.54) is 13.3 Å². The van der Waals surface area contributed by atoms with E-state index in [2.05, 4.69) is 16.0 Å².